The first-order chi connectivity index (χ1) is 9.93. The fourth-order valence-corrected chi connectivity index (χ4v) is 3.36. The van der Waals surface area contributed by atoms with Crippen molar-refractivity contribution in [3.8, 4) is 0 Å². The molecule has 0 aromatic carbocycles. The molecule has 108 valence electrons. The summed E-state index contributed by atoms with van der Waals surface area (Å²) in [5, 5.41) is 5.65. The first-order valence-corrected chi connectivity index (χ1v) is 7.85. The molecule has 2 N–H and O–H groups in total. The zero-order chi connectivity index (χ0) is 13.6. The summed E-state index contributed by atoms with van der Waals surface area (Å²) in [6.45, 7) is 5.39. The minimum Gasteiger partial charge on any atom is -0.379 e. The van der Waals surface area contributed by atoms with Crippen LogP contribution in [0.15, 0.2) is 29.9 Å². The van der Waals surface area contributed by atoms with Gasteiger partial charge in [-0.25, -0.2) is 4.98 Å². The van der Waals surface area contributed by atoms with E-state index in [9.17, 15) is 0 Å². The zero-order valence-corrected chi connectivity index (χ0v) is 12.2. The first kappa shape index (κ1) is 13.8. The van der Waals surface area contributed by atoms with Gasteiger partial charge in [0.2, 0.25) is 0 Å². The molecule has 2 aromatic rings. The highest BCUT2D eigenvalue weighted by molar-refractivity contribution is 7.10. The lowest BCUT2D eigenvalue weighted by atomic mass is 10.2. The van der Waals surface area contributed by atoms with Crippen LogP contribution in [-0.2, 0) is 11.3 Å². The Hall–Kier alpha value is -1.21. The summed E-state index contributed by atoms with van der Waals surface area (Å²) >= 11 is 1.83. The third-order valence-electron chi connectivity index (χ3n) is 3.54. The number of imidazole rings is 1. The van der Waals surface area contributed by atoms with Gasteiger partial charge >= 0.3 is 0 Å². The zero-order valence-electron chi connectivity index (χ0n) is 11.4. The Bertz CT molecular complexity index is 479. The molecule has 5 nitrogen and oxygen atoms in total. The molecule has 0 spiro atoms. The topological polar surface area (TPSA) is 53.2 Å². The highest BCUT2D eigenvalue weighted by Gasteiger charge is 2.22. The number of hydrogen-bond acceptors (Lipinski definition) is 5. The average molecular weight is 292 g/mol. The number of morpholine rings is 1. The Morgan fingerprint density at radius 1 is 1.45 bits per heavy atom. The van der Waals surface area contributed by atoms with E-state index in [4.69, 9.17) is 4.74 Å². The predicted molar refractivity (Wildman–Crippen MR) is 79.7 cm³/mol. The summed E-state index contributed by atoms with van der Waals surface area (Å²) in [6.07, 6.45) is 3.64. The van der Waals surface area contributed by atoms with Gasteiger partial charge in [0.15, 0.2) is 0 Å². The highest BCUT2D eigenvalue weighted by atomic mass is 32.1. The van der Waals surface area contributed by atoms with E-state index in [0.29, 0.717) is 6.04 Å². The van der Waals surface area contributed by atoms with Crippen molar-refractivity contribution >= 4 is 11.3 Å². The molecule has 0 bridgehead atoms. The number of rotatable bonds is 6. The molecule has 0 saturated carbocycles. The maximum absolute atomic E-state index is 5.46. The summed E-state index contributed by atoms with van der Waals surface area (Å²) in [5.41, 5.74) is 0. The minimum absolute atomic E-state index is 0.425. The predicted octanol–water partition coefficient (Wildman–Crippen LogP) is 1.63. The van der Waals surface area contributed by atoms with Crippen molar-refractivity contribution in [3.63, 3.8) is 0 Å². The molecular formula is C14H20N4OS. The smallest absolute Gasteiger partial charge is 0.120 e. The standard InChI is InChI=1S/C14H20N4OS/c1-2-13(20-9-1)12(18-5-7-19-8-6-18)10-15-11-14-16-3-4-17-14/h1-4,9,12,15H,5-8,10-11H2,(H,16,17)/t12-/m1/s1. The molecule has 0 aliphatic carbocycles. The summed E-state index contributed by atoms with van der Waals surface area (Å²) in [6, 6.07) is 4.77. The van der Waals surface area contributed by atoms with Crippen LogP contribution in [-0.4, -0.2) is 47.7 Å². The van der Waals surface area contributed by atoms with Gasteiger partial charge in [-0.3, -0.25) is 4.90 Å². The Balaban J connectivity index is 1.60. The monoisotopic (exact) mass is 292 g/mol. The van der Waals surface area contributed by atoms with E-state index in [1.54, 1.807) is 6.20 Å². The summed E-state index contributed by atoms with van der Waals surface area (Å²) in [5.74, 6) is 0.983. The molecular weight excluding hydrogens is 272 g/mol. The second-order valence-electron chi connectivity index (χ2n) is 4.85. The number of thiophene rings is 1. The molecule has 1 aliphatic heterocycles. The van der Waals surface area contributed by atoms with Gasteiger partial charge in [-0.2, -0.15) is 0 Å². The van der Waals surface area contributed by atoms with Gasteiger partial charge in [0.25, 0.3) is 0 Å². The van der Waals surface area contributed by atoms with Crippen molar-refractivity contribution in [2.45, 2.75) is 12.6 Å². The maximum atomic E-state index is 5.46. The van der Waals surface area contributed by atoms with Crippen LogP contribution >= 0.6 is 11.3 Å². The number of nitrogens with zero attached hydrogens (tertiary/aromatic N) is 2. The number of hydrogen-bond donors (Lipinski definition) is 2. The van der Waals surface area contributed by atoms with Crippen molar-refractivity contribution in [3.05, 3.63) is 40.6 Å². The molecule has 0 unspecified atom stereocenters. The third-order valence-corrected chi connectivity index (χ3v) is 4.52. The van der Waals surface area contributed by atoms with Crippen molar-refractivity contribution < 1.29 is 4.74 Å². The number of ether oxygens (including phenoxy) is 1. The van der Waals surface area contributed by atoms with Gasteiger partial charge < -0.3 is 15.0 Å². The van der Waals surface area contributed by atoms with E-state index >= 15 is 0 Å². The maximum Gasteiger partial charge on any atom is 0.120 e. The second-order valence-corrected chi connectivity index (χ2v) is 5.83. The van der Waals surface area contributed by atoms with Gasteiger partial charge in [0, 0.05) is 36.9 Å². The number of aromatic nitrogens is 2. The molecule has 1 saturated heterocycles. The van der Waals surface area contributed by atoms with Crippen molar-refractivity contribution in [1.29, 1.82) is 0 Å². The highest BCUT2D eigenvalue weighted by Crippen LogP contribution is 2.25. The normalized spacial score (nSPS) is 18.2. The quantitative estimate of drug-likeness (QED) is 0.850. The van der Waals surface area contributed by atoms with Crippen LogP contribution in [0.4, 0.5) is 0 Å². The van der Waals surface area contributed by atoms with Gasteiger partial charge in [0.05, 0.1) is 25.8 Å². The fourth-order valence-electron chi connectivity index (χ4n) is 2.50. The van der Waals surface area contributed by atoms with Crippen LogP contribution in [0.3, 0.4) is 0 Å². The summed E-state index contributed by atoms with van der Waals surface area (Å²) in [4.78, 5) is 11.3. The average Bonchev–Trinajstić information content (AvgIpc) is 3.18. The van der Waals surface area contributed by atoms with Crippen LogP contribution in [0.25, 0.3) is 0 Å². The number of H-pyrrole nitrogens is 1. The lowest BCUT2D eigenvalue weighted by Gasteiger charge is -2.34. The van der Waals surface area contributed by atoms with Crippen LogP contribution in [0, 0.1) is 0 Å². The van der Waals surface area contributed by atoms with Crippen LogP contribution in [0.5, 0.6) is 0 Å². The molecule has 3 rings (SSSR count). The van der Waals surface area contributed by atoms with Crippen LogP contribution < -0.4 is 5.32 Å². The van der Waals surface area contributed by atoms with Crippen LogP contribution in [0.2, 0.25) is 0 Å². The van der Waals surface area contributed by atoms with E-state index < -0.39 is 0 Å². The van der Waals surface area contributed by atoms with Crippen molar-refractivity contribution in [1.82, 2.24) is 20.2 Å². The van der Waals surface area contributed by atoms with Gasteiger partial charge in [-0.1, -0.05) is 6.07 Å². The largest absolute Gasteiger partial charge is 0.379 e. The van der Waals surface area contributed by atoms with Gasteiger partial charge in [-0.15, -0.1) is 11.3 Å². The summed E-state index contributed by atoms with van der Waals surface area (Å²) < 4.78 is 5.46. The molecule has 2 aromatic heterocycles. The Labute approximate surface area is 123 Å². The molecule has 20 heavy (non-hydrogen) atoms. The van der Waals surface area contributed by atoms with Crippen molar-refractivity contribution in [2.75, 3.05) is 32.8 Å². The van der Waals surface area contributed by atoms with Crippen molar-refractivity contribution in [2.24, 2.45) is 0 Å². The Kier molecular flexibility index (Phi) is 4.81. The second kappa shape index (κ2) is 6.99. The Morgan fingerprint density at radius 2 is 2.35 bits per heavy atom. The third kappa shape index (κ3) is 3.46. The number of nitrogens with one attached hydrogen (secondary N) is 2. The SMILES string of the molecule is c1csc([C@@H](CNCc2ncc[nH]2)N2CCOCC2)c1. The molecule has 3 heterocycles. The van der Waals surface area contributed by atoms with E-state index in [2.05, 4.69) is 37.7 Å². The summed E-state index contributed by atoms with van der Waals surface area (Å²) in [7, 11) is 0. The molecule has 6 heteroatoms. The minimum atomic E-state index is 0.425. The van der Waals surface area contributed by atoms with E-state index in [0.717, 1.165) is 45.2 Å². The first-order valence-electron chi connectivity index (χ1n) is 6.97. The van der Waals surface area contributed by atoms with E-state index in [1.165, 1.54) is 4.88 Å². The molecule has 1 fully saturated rings. The molecule has 0 amide bonds. The molecule has 1 aliphatic rings. The number of aromatic amines is 1. The van der Waals surface area contributed by atoms with Crippen LogP contribution in [0.1, 0.15) is 16.7 Å². The molecule has 0 radical (unpaired) electrons. The Morgan fingerprint density at radius 3 is 3.05 bits per heavy atom. The lowest BCUT2D eigenvalue weighted by Crippen LogP contribution is -2.42. The van der Waals surface area contributed by atoms with E-state index in [-0.39, 0.29) is 0 Å². The van der Waals surface area contributed by atoms with E-state index in [1.807, 2.05) is 17.5 Å². The molecule has 1 atom stereocenters. The van der Waals surface area contributed by atoms with Gasteiger partial charge in [-0.05, 0) is 11.4 Å². The lowest BCUT2D eigenvalue weighted by molar-refractivity contribution is 0.0168. The fraction of sp³-hybridized carbons (Fsp3) is 0.500. The van der Waals surface area contributed by atoms with Gasteiger partial charge in [0.1, 0.15) is 5.82 Å².